The molecular weight excluding hydrogens is 310 g/mol. The SMILES string of the molecule is CC(C)c1ccccc1O[C@H](C)C(=O)Nc1ccc2ccccc2c1. The second-order valence-electron chi connectivity index (χ2n) is 6.50. The van der Waals surface area contributed by atoms with E-state index in [4.69, 9.17) is 4.74 Å². The van der Waals surface area contributed by atoms with Crippen LogP contribution in [0.1, 0.15) is 32.3 Å². The summed E-state index contributed by atoms with van der Waals surface area (Å²) < 4.78 is 5.92. The van der Waals surface area contributed by atoms with Crippen LogP contribution in [0.25, 0.3) is 10.8 Å². The fraction of sp³-hybridized carbons (Fsp3) is 0.227. The Bertz CT molecular complexity index is 886. The number of para-hydroxylation sites is 1. The first-order chi connectivity index (χ1) is 12.0. The highest BCUT2D eigenvalue weighted by molar-refractivity contribution is 5.96. The molecule has 0 fully saturated rings. The van der Waals surface area contributed by atoms with E-state index in [0.717, 1.165) is 27.8 Å². The molecule has 3 aromatic carbocycles. The van der Waals surface area contributed by atoms with E-state index in [2.05, 4.69) is 25.2 Å². The highest BCUT2D eigenvalue weighted by atomic mass is 16.5. The fourth-order valence-electron chi connectivity index (χ4n) is 2.82. The number of anilines is 1. The maximum absolute atomic E-state index is 12.5. The molecule has 25 heavy (non-hydrogen) atoms. The van der Waals surface area contributed by atoms with Crippen molar-refractivity contribution in [2.75, 3.05) is 5.32 Å². The molecule has 0 saturated heterocycles. The minimum absolute atomic E-state index is 0.158. The Morgan fingerprint density at radius 2 is 1.56 bits per heavy atom. The molecule has 128 valence electrons. The summed E-state index contributed by atoms with van der Waals surface area (Å²) >= 11 is 0. The molecule has 0 radical (unpaired) electrons. The Labute approximate surface area is 148 Å². The number of carbonyl (C=O) groups is 1. The molecular formula is C22H23NO2. The van der Waals surface area contributed by atoms with Gasteiger partial charge in [0.05, 0.1) is 0 Å². The topological polar surface area (TPSA) is 38.3 Å². The predicted octanol–water partition coefficient (Wildman–Crippen LogP) is 5.37. The van der Waals surface area contributed by atoms with Crippen molar-refractivity contribution in [3.8, 4) is 5.75 Å². The van der Waals surface area contributed by atoms with Gasteiger partial charge in [0.1, 0.15) is 5.75 Å². The molecule has 1 amide bonds. The van der Waals surface area contributed by atoms with Crippen LogP contribution >= 0.6 is 0 Å². The minimum Gasteiger partial charge on any atom is -0.481 e. The van der Waals surface area contributed by atoms with Gasteiger partial charge in [0.15, 0.2) is 6.10 Å². The van der Waals surface area contributed by atoms with E-state index in [0.29, 0.717) is 5.92 Å². The number of ether oxygens (including phenoxy) is 1. The van der Waals surface area contributed by atoms with Gasteiger partial charge in [0, 0.05) is 5.69 Å². The summed E-state index contributed by atoms with van der Waals surface area (Å²) in [5.41, 5.74) is 1.88. The number of hydrogen-bond acceptors (Lipinski definition) is 2. The standard InChI is InChI=1S/C22H23NO2/c1-15(2)20-10-6-7-11-21(20)25-16(3)22(24)23-19-13-12-17-8-4-5-9-18(17)14-19/h4-16H,1-3H3,(H,23,24)/t16-/m1/s1. The van der Waals surface area contributed by atoms with Gasteiger partial charge in [-0.1, -0.05) is 62.4 Å². The number of rotatable bonds is 5. The fourth-order valence-corrected chi connectivity index (χ4v) is 2.82. The van der Waals surface area contributed by atoms with E-state index in [1.165, 1.54) is 0 Å². The lowest BCUT2D eigenvalue weighted by atomic mass is 10.0. The van der Waals surface area contributed by atoms with Crippen molar-refractivity contribution in [1.29, 1.82) is 0 Å². The van der Waals surface area contributed by atoms with Crippen molar-refractivity contribution in [3.05, 3.63) is 72.3 Å². The number of hydrogen-bond donors (Lipinski definition) is 1. The molecule has 3 nitrogen and oxygen atoms in total. The molecule has 0 unspecified atom stereocenters. The summed E-state index contributed by atoms with van der Waals surface area (Å²) in [6.45, 7) is 6.00. The maximum atomic E-state index is 12.5. The smallest absolute Gasteiger partial charge is 0.265 e. The van der Waals surface area contributed by atoms with E-state index in [1.54, 1.807) is 6.92 Å². The molecule has 3 aromatic rings. The first kappa shape index (κ1) is 17.0. The van der Waals surface area contributed by atoms with Crippen LogP contribution < -0.4 is 10.1 Å². The Balaban J connectivity index is 1.72. The van der Waals surface area contributed by atoms with Crippen LogP contribution in [0.15, 0.2) is 66.7 Å². The lowest BCUT2D eigenvalue weighted by molar-refractivity contribution is -0.122. The molecule has 1 atom stereocenters. The Kier molecular flexibility index (Phi) is 5.03. The molecule has 0 spiro atoms. The number of benzene rings is 3. The molecule has 1 N–H and O–H groups in total. The summed E-state index contributed by atoms with van der Waals surface area (Å²) in [6.07, 6.45) is -0.577. The molecule has 0 aliphatic heterocycles. The zero-order valence-electron chi connectivity index (χ0n) is 14.8. The van der Waals surface area contributed by atoms with Crippen molar-refractivity contribution in [3.63, 3.8) is 0 Å². The van der Waals surface area contributed by atoms with Crippen LogP contribution in [0.5, 0.6) is 5.75 Å². The van der Waals surface area contributed by atoms with Crippen molar-refractivity contribution in [1.82, 2.24) is 0 Å². The average Bonchev–Trinajstić information content (AvgIpc) is 2.61. The predicted molar refractivity (Wildman–Crippen MR) is 103 cm³/mol. The first-order valence-corrected chi connectivity index (χ1v) is 8.60. The molecule has 0 aromatic heterocycles. The van der Waals surface area contributed by atoms with E-state index >= 15 is 0 Å². The van der Waals surface area contributed by atoms with Crippen molar-refractivity contribution < 1.29 is 9.53 Å². The zero-order chi connectivity index (χ0) is 17.8. The van der Waals surface area contributed by atoms with Crippen LogP contribution in [0, 0.1) is 0 Å². The van der Waals surface area contributed by atoms with E-state index in [1.807, 2.05) is 60.7 Å². The largest absolute Gasteiger partial charge is 0.481 e. The third-order valence-electron chi connectivity index (χ3n) is 4.23. The Morgan fingerprint density at radius 3 is 2.32 bits per heavy atom. The van der Waals surface area contributed by atoms with Crippen LogP contribution in [-0.4, -0.2) is 12.0 Å². The lowest BCUT2D eigenvalue weighted by Gasteiger charge is -2.18. The quantitative estimate of drug-likeness (QED) is 0.682. The minimum atomic E-state index is -0.577. The monoisotopic (exact) mass is 333 g/mol. The zero-order valence-corrected chi connectivity index (χ0v) is 14.8. The summed E-state index contributed by atoms with van der Waals surface area (Å²) in [7, 11) is 0. The molecule has 0 saturated carbocycles. The molecule has 3 heteroatoms. The molecule has 3 rings (SSSR count). The first-order valence-electron chi connectivity index (χ1n) is 8.60. The second-order valence-corrected chi connectivity index (χ2v) is 6.50. The maximum Gasteiger partial charge on any atom is 0.265 e. The van der Waals surface area contributed by atoms with Gasteiger partial charge in [-0.15, -0.1) is 0 Å². The van der Waals surface area contributed by atoms with Gasteiger partial charge < -0.3 is 10.1 Å². The van der Waals surface area contributed by atoms with Gasteiger partial charge >= 0.3 is 0 Å². The number of fused-ring (bicyclic) bond motifs is 1. The highest BCUT2D eigenvalue weighted by Crippen LogP contribution is 2.27. The van der Waals surface area contributed by atoms with Gasteiger partial charge in [-0.25, -0.2) is 0 Å². The van der Waals surface area contributed by atoms with Crippen molar-refractivity contribution >= 4 is 22.4 Å². The number of amides is 1. The molecule has 0 heterocycles. The van der Waals surface area contributed by atoms with Crippen molar-refractivity contribution in [2.45, 2.75) is 32.8 Å². The lowest BCUT2D eigenvalue weighted by Crippen LogP contribution is -2.30. The second kappa shape index (κ2) is 7.39. The molecule has 0 bridgehead atoms. The van der Waals surface area contributed by atoms with Gasteiger partial charge in [-0.05, 0) is 47.4 Å². The van der Waals surface area contributed by atoms with Crippen LogP contribution in [-0.2, 0) is 4.79 Å². The van der Waals surface area contributed by atoms with Crippen LogP contribution in [0.4, 0.5) is 5.69 Å². The van der Waals surface area contributed by atoms with Gasteiger partial charge in [0.2, 0.25) is 0 Å². The third-order valence-corrected chi connectivity index (χ3v) is 4.23. The van der Waals surface area contributed by atoms with Gasteiger partial charge in [-0.3, -0.25) is 4.79 Å². The summed E-state index contributed by atoms with van der Waals surface area (Å²) in [6, 6.07) is 21.8. The summed E-state index contributed by atoms with van der Waals surface area (Å²) in [5, 5.41) is 5.18. The number of nitrogens with one attached hydrogen (secondary N) is 1. The third kappa shape index (κ3) is 4.00. The van der Waals surface area contributed by atoms with Crippen molar-refractivity contribution in [2.24, 2.45) is 0 Å². The van der Waals surface area contributed by atoms with E-state index in [-0.39, 0.29) is 5.91 Å². The van der Waals surface area contributed by atoms with E-state index in [9.17, 15) is 4.79 Å². The summed E-state index contributed by atoms with van der Waals surface area (Å²) in [4.78, 5) is 12.5. The van der Waals surface area contributed by atoms with Crippen LogP contribution in [0.3, 0.4) is 0 Å². The highest BCUT2D eigenvalue weighted by Gasteiger charge is 2.17. The van der Waals surface area contributed by atoms with Crippen LogP contribution in [0.2, 0.25) is 0 Å². The average molecular weight is 333 g/mol. The normalized spacial score (nSPS) is 12.2. The Hall–Kier alpha value is -2.81. The number of carbonyl (C=O) groups excluding carboxylic acids is 1. The van der Waals surface area contributed by atoms with E-state index < -0.39 is 6.10 Å². The molecule has 0 aliphatic rings. The summed E-state index contributed by atoms with van der Waals surface area (Å²) in [5.74, 6) is 0.944. The van der Waals surface area contributed by atoms with Gasteiger partial charge in [-0.2, -0.15) is 0 Å². The molecule has 0 aliphatic carbocycles. The van der Waals surface area contributed by atoms with Gasteiger partial charge in [0.25, 0.3) is 5.91 Å². The Morgan fingerprint density at radius 1 is 0.880 bits per heavy atom.